The zero-order valence-electron chi connectivity index (χ0n) is 16.8. The molecule has 6 heteroatoms. The minimum absolute atomic E-state index is 0.333. The number of benzene rings is 3. The van der Waals surface area contributed by atoms with E-state index < -0.39 is 17.7 Å². The minimum atomic E-state index is -1.90. The maximum absolute atomic E-state index is 12.0. The summed E-state index contributed by atoms with van der Waals surface area (Å²) in [5.74, 6) is -0.0771. The van der Waals surface area contributed by atoms with Crippen LogP contribution in [-0.4, -0.2) is 28.9 Å². The third-order valence-corrected chi connectivity index (χ3v) is 4.76. The molecule has 0 aromatic heterocycles. The Hall–Kier alpha value is -3.51. The van der Waals surface area contributed by atoms with Crippen molar-refractivity contribution < 1.29 is 29.2 Å². The molecule has 2 atom stereocenters. The summed E-state index contributed by atoms with van der Waals surface area (Å²) in [5, 5.41) is 20.7. The molecule has 3 rings (SSSR count). The second kappa shape index (κ2) is 9.33. The van der Waals surface area contributed by atoms with Gasteiger partial charge in [0.15, 0.2) is 11.5 Å². The summed E-state index contributed by atoms with van der Waals surface area (Å²) in [5.41, 5.74) is -0.572. The highest BCUT2D eigenvalue weighted by atomic mass is 16.5. The van der Waals surface area contributed by atoms with Crippen molar-refractivity contribution in [3.63, 3.8) is 0 Å². The topological polar surface area (TPSA) is 85.2 Å². The van der Waals surface area contributed by atoms with Gasteiger partial charge in [-0.15, -0.1) is 0 Å². The number of ether oxygens (including phenoxy) is 3. The van der Waals surface area contributed by atoms with Gasteiger partial charge in [0.1, 0.15) is 18.5 Å². The lowest BCUT2D eigenvalue weighted by molar-refractivity contribution is -0.164. The zero-order chi connectivity index (χ0) is 21.6. The average Bonchev–Trinajstić information content (AvgIpc) is 2.78. The van der Waals surface area contributed by atoms with E-state index >= 15 is 0 Å². The number of rotatable bonds is 9. The number of methoxy groups -OCH3 is 1. The molecular weight excluding hydrogens is 384 g/mol. The van der Waals surface area contributed by atoms with Crippen molar-refractivity contribution in [2.75, 3.05) is 7.11 Å². The molecule has 3 aromatic carbocycles. The number of aliphatic hydroxyl groups excluding tert-OH is 1. The van der Waals surface area contributed by atoms with Crippen LogP contribution in [0.25, 0.3) is 0 Å². The van der Waals surface area contributed by atoms with Crippen molar-refractivity contribution in [3.05, 3.63) is 90.0 Å². The summed E-state index contributed by atoms with van der Waals surface area (Å²) in [6, 6.07) is 23.0. The van der Waals surface area contributed by atoms with Crippen LogP contribution in [0.5, 0.6) is 17.2 Å². The van der Waals surface area contributed by atoms with E-state index in [2.05, 4.69) is 0 Å². The Morgan fingerprint density at radius 3 is 2.20 bits per heavy atom. The molecule has 0 spiro atoms. The molecule has 156 valence electrons. The van der Waals surface area contributed by atoms with E-state index in [1.807, 2.05) is 30.3 Å². The van der Waals surface area contributed by atoms with Gasteiger partial charge in [-0.25, -0.2) is 4.79 Å². The predicted molar refractivity (Wildman–Crippen MR) is 112 cm³/mol. The van der Waals surface area contributed by atoms with Crippen LogP contribution in [-0.2, 0) is 11.4 Å². The lowest BCUT2D eigenvalue weighted by Crippen LogP contribution is -2.47. The number of hydrogen-bond donors (Lipinski definition) is 2. The summed E-state index contributed by atoms with van der Waals surface area (Å²) >= 11 is 0. The second-order valence-corrected chi connectivity index (χ2v) is 6.91. The van der Waals surface area contributed by atoms with E-state index in [-0.39, 0.29) is 0 Å². The molecule has 6 nitrogen and oxygen atoms in total. The lowest BCUT2D eigenvalue weighted by Gasteiger charge is -2.31. The van der Waals surface area contributed by atoms with Crippen LogP contribution in [0.2, 0.25) is 0 Å². The number of carbonyl (C=O) groups is 1. The first-order valence-electron chi connectivity index (χ1n) is 9.44. The Morgan fingerprint density at radius 2 is 1.60 bits per heavy atom. The lowest BCUT2D eigenvalue weighted by atomic mass is 9.92. The smallest absolute Gasteiger partial charge is 0.350 e. The highest BCUT2D eigenvalue weighted by Crippen LogP contribution is 2.36. The predicted octanol–water partition coefficient (Wildman–Crippen LogP) is 4.23. The van der Waals surface area contributed by atoms with Gasteiger partial charge in [0.25, 0.3) is 0 Å². The van der Waals surface area contributed by atoms with Crippen LogP contribution >= 0.6 is 0 Å². The maximum Gasteiger partial charge on any atom is 0.350 e. The van der Waals surface area contributed by atoms with Gasteiger partial charge >= 0.3 is 5.97 Å². The van der Waals surface area contributed by atoms with Crippen molar-refractivity contribution in [3.8, 4) is 17.2 Å². The molecule has 0 bridgehead atoms. The number of para-hydroxylation sites is 1. The van der Waals surface area contributed by atoms with Crippen LogP contribution < -0.4 is 14.2 Å². The minimum Gasteiger partial charge on any atom is -0.493 e. The van der Waals surface area contributed by atoms with Crippen LogP contribution in [0, 0.1) is 0 Å². The number of hydrogen-bond acceptors (Lipinski definition) is 5. The first-order chi connectivity index (χ1) is 14.4. The molecule has 0 saturated heterocycles. The van der Waals surface area contributed by atoms with Gasteiger partial charge in [-0.2, -0.15) is 0 Å². The van der Waals surface area contributed by atoms with Gasteiger partial charge < -0.3 is 24.4 Å². The standard InChI is InChI=1S/C24H24O6/c1-24(23(26)27,30-19-11-7-4-8-12-19)22(25)18-13-14-20(21(15-18)28-2)29-16-17-9-5-3-6-10-17/h3-15,22,25H,16H2,1-2H3,(H,26,27). The van der Waals surface area contributed by atoms with Crippen molar-refractivity contribution in [1.29, 1.82) is 0 Å². The molecule has 0 aliphatic carbocycles. The SMILES string of the molecule is COc1cc(C(O)C(C)(Oc2ccccc2)C(=O)O)ccc1OCc1ccccc1. The van der Waals surface area contributed by atoms with E-state index in [0.29, 0.717) is 29.4 Å². The van der Waals surface area contributed by atoms with E-state index in [1.165, 1.54) is 14.0 Å². The van der Waals surface area contributed by atoms with Crippen LogP contribution in [0.3, 0.4) is 0 Å². The molecule has 30 heavy (non-hydrogen) atoms. The van der Waals surface area contributed by atoms with E-state index in [4.69, 9.17) is 14.2 Å². The second-order valence-electron chi connectivity index (χ2n) is 6.91. The van der Waals surface area contributed by atoms with Crippen molar-refractivity contribution in [2.45, 2.75) is 25.2 Å². The molecule has 0 saturated carbocycles. The van der Waals surface area contributed by atoms with Gasteiger partial charge in [0.2, 0.25) is 5.60 Å². The highest BCUT2D eigenvalue weighted by Gasteiger charge is 2.44. The highest BCUT2D eigenvalue weighted by molar-refractivity contribution is 5.78. The third-order valence-electron chi connectivity index (χ3n) is 4.76. The largest absolute Gasteiger partial charge is 0.493 e. The Labute approximate surface area is 175 Å². The summed E-state index contributed by atoms with van der Waals surface area (Å²) < 4.78 is 16.9. The third kappa shape index (κ3) is 4.72. The molecule has 0 aliphatic heterocycles. The number of aliphatic carboxylic acids is 1. The van der Waals surface area contributed by atoms with Crippen molar-refractivity contribution in [1.82, 2.24) is 0 Å². The first kappa shape index (κ1) is 21.2. The monoisotopic (exact) mass is 408 g/mol. The summed E-state index contributed by atoms with van der Waals surface area (Å²) in [6.45, 7) is 1.68. The molecule has 2 unspecified atom stereocenters. The van der Waals surface area contributed by atoms with Crippen LogP contribution in [0.1, 0.15) is 24.2 Å². The number of carboxylic acid groups (broad SMARTS) is 1. The first-order valence-corrected chi connectivity index (χ1v) is 9.44. The fourth-order valence-corrected chi connectivity index (χ4v) is 2.98. The molecule has 2 N–H and O–H groups in total. The maximum atomic E-state index is 12.0. The quantitative estimate of drug-likeness (QED) is 0.551. The van der Waals surface area contributed by atoms with E-state index in [9.17, 15) is 15.0 Å². The Balaban J connectivity index is 1.83. The average molecular weight is 408 g/mol. The molecule has 0 amide bonds. The fourth-order valence-electron chi connectivity index (χ4n) is 2.98. The van der Waals surface area contributed by atoms with Gasteiger partial charge in [0.05, 0.1) is 7.11 Å². The van der Waals surface area contributed by atoms with Crippen molar-refractivity contribution in [2.24, 2.45) is 0 Å². The molecular formula is C24H24O6. The summed E-state index contributed by atoms with van der Waals surface area (Å²) in [7, 11) is 1.48. The Bertz CT molecular complexity index is 974. The Morgan fingerprint density at radius 1 is 0.967 bits per heavy atom. The van der Waals surface area contributed by atoms with Gasteiger partial charge in [0, 0.05) is 0 Å². The zero-order valence-corrected chi connectivity index (χ0v) is 16.8. The number of aliphatic hydroxyl groups is 1. The van der Waals surface area contributed by atoms with Crippen LogP contribution in [0.15, 0.2) is 78.9 Å². The molecule has 0 aliphatic rings. The van der Waals surface area contributed by atoms with Gasteiger partial charge in [-0.05, 0) is 42.3 Å². The molecule has 0 radical (unpaired) electrons. The fraction of sp³-hybridized carbons (Fsp3) is 0.208. The summed E-state index contributed by atoms with van der Waals surface area (Å²) in [4.78, 5) is 12.0. The van der Waals surface area contributed by atoms with Gasteiger partial charge in [-0.1, -0.05) is 54.6 Å². The molecule has 0 fully saturated rings. The molecule has 0 heterocycles. The van der Waals surface area contributed by atoms with Gasteiger partial charge in [-0.3, -0.25) is 0 Å². The normalized spacial score (nSPS) is 13.7. The number of carboxylic acids is 1. The summed E-state index contributed by atoms with van der Waals surface area (Å²) in [6.07, 6.45) is -1.45. The van der Waals surface area contributed by atoms with E-state index in [0.717, 1.165) is 5.56 Å². The van der Waals surface area contributed by atoms with Crippen molar-refractivity contribution >= 4 is 5.97 Å². The van der Waals surface area contributed by atoms with Crippen LogP contribution in [0.4, 0.5) is 0 Å². The Kier molecular flexibility index (Phi) is 6.59. The molecule has 3 aromatic rings. The van der Waals surface area contributed by atoms with E-state index in [1.54, 1.807) is 48.5 Å².